The van der Waals surface area contributed by atoms with Gasteiger partial charge in [-0.2, -0.15) is 0 Å². The minimum atomic E-state index is -0.564. The van der Waals surface area contributed by atoms with Crippen LogP contribution in [0.5, 0.6) is 5.88 Å². The van der Waals surface area contributed by atoms with Crippen LogP contribution in [0.2, 0.25) is 10.0 Å². The standard InChI is InChI=1S/C13H7Cl2N5O2S2/c14-5-1-2-6(8(15)3-5)11-19-20-13(24-11)16-4-7-9(21)17-12(23)18-10(7)22/h1-4H,(H3,17,18,21,22,23). The number of aliphatic imine (C=N–C) groups is 1. The third-order valence-corrected chi connectivity index (χ3v) is 4.46. The van der Waals surface area contributed by atoms with Crippen LogP contribution in [0.4, 0.5) is 5.13 Å². The molecule has 0 aliphatic rings. The lowest BCUT2D eigenvalue weighted by Crippen LogP contribution is -2.13. The first-order valence-electron chi connectivity index (χ1n) is 6.32. The highest BCUT2D eigenvalue weighted by Gasteiger charge is 2.11. The van der Waals surface area contributed by atoms with E-state index in [2.05, 4.69) is 25.2 Å². The van der Waals surface area contributed by atoms with Crippen molar-refractivity contribution in [1.29, 1.82) is 0 Å². The summed E-state index contributed by atoms with van der Waals surface area (Å²) in [5.41, 5.74) is 0.0415. The number of hydrogen-bond donors (Lipinski definition) is 3. The average molecular weight is 400 g/mol. The molecule has 3 rings (SSSR count). The zero-order valence-electron chi connectivity index (χ0n) is 11.6. The number of rotatable bonds is 3. The van der Waals surface area contributed by atoms with Crippen molar-refractivity contribution < 1.29 is 5.11 Å². The Morgan fingerprint density at radius 1 is 1.29 bits per heavy atom. The number of aromatic hydroxyl groups is 1. The Kier molecular flexibility index (Phi) is 4.76. The molecule has 3 aromatic rings. The molecule has 0 bridgehead atoms. The van der Waals surface area contributed by atoms with Crippen LogP contribution < -0.4 is 5.56 Å². The van der Waals surface area contributed by atoms with Gasteiger partial charge in [0.2, 0.25) is 11.0 Å². The second kappa shape index (κ2) is 6.81. The van der Waals surface area contributed by atoms with Crippen LogP contribution >= 0.6 is 46.8 Å². The quantitative estimate of drug-likeness (QED) is 0.459. The highest BCUT2D eigenvalue weighted by Crippen LogP contribution is 2.34. The molecule has 1 aromatic carbocycles. The monoisotopic (exact) mass is 399 g/mol. The summed E-state index contributed by atoms with van der Waals surface area (Å²) in [6, 6.07) is 5.02. The van der Waals surface area contributed by atoms with E-state index in [-0.39, 0.29) is 21.3 Å². The van der Waals surface area contributed by atoms with Gasteiger partial charge in [-0.15, -0.1) is 10.2 Å². The summed E-state index contributed by atoms with van der Waals surface area (Å²) < 4.78 is 0.0187. The maximum Gasteiger partial charge on any atom is 0.264 e. The van der Waals surface area contributed by atoms with Crippen molar-refractivity contribution in [2.75, 3.05) is 0 Å². The van der Waals surface area contributed by atoms with E-state index < -0.39 is 5.56 Å². The van der Waals surface area contributed by atoms with E-state index in [1.54, 1.807) is 18.2 Å². The van der Waals surface area contributed by atoms with Gasteiger partial charge < -0.3 is 10.1 Å². The summed E-state index contributed by atoms with van der Waals surface area (Å²) in [6.07, 6.45) is 1.17. The number of halogens is 2. The topological polar surface area (TPSA) is 107 Å². The first-order valence-corrected chi connectivity index (χ1v) is 8.30. The highest BCUT2D eigenvalue weighted by atomic mass is 35.5. The second-order valence-electron chi connectivity index (χ2n) is 4.44. The molecular formula is C13H7Cl2N5O2S2. The minimum absolute atomic E-state index is 0.0187. The highest BCUT2D eigenvalue weighted by molar-refractivity contribution is 7.71. The zero-order valence-corrected chi connectivity index (χ0v) is 14.7. The number of nitrogens with one attached hydrogen (secondary N) is 2. The lowest BCUT2D eigenvalue weighted by molar-refractivity contribution is 0.449. The van der Waals surface area contributed by atoms with Crippen molar-refractivity contribution >= 4 is 58.1 Å². The van der Waals surface area contributed by atoms with Crippen molar-refractivity contribution in [3.63, 3.8) is 0 Å². The minimum Gasteiger partial charge on any atom is -0.494 e. The first kappa shape index (κ1) is 16.8. The Morgan fingerprint density at radius 3 is 2.79 bits per heavy atom. The average Bonchev–Trinajstić information content (AvgIpc) is 2.94. The van der Waals surface area contributed by atoms with E-state index >= 15 is 0 Å². The lowest BCUT2D eigenvalue weighted by Gasteiger charge is -1.99. The van der Waals surface area contributed by atoms with E-state index in [4.69, 9.17) is 35.4 Å². The molecule has 0 fully saturated rings. The molecule has 0 unspecified atom stereocenters. The number of aromatic nitrogens is 4. The van der Waals surface area contributed by atoms with E-state index in [1.165, 1.54) is 17.6 Å². The van der Waals surface area contributed by atoms with Gasteiger partial charge in [-0.3, -0.25) is 9.78 Å². The summed E-state index contributed by atoms with van der Waals surface area (Å²) in [5, 5.41) is 19.4. The second-order valence-corrected chi connectivity index (χ2v) is 6.65. The molecule has 0 aliphatic heterocycles. The van der Waals surface area contributed by atoms with Gasteiger partial charge in [-0.1, -0.05) is 34.5 Å². The number of hydrogen-bond acceptors (Lipinski definition) is 7. The number of H-pyrrole nitrogens is 2. The van der Waals surface area contributed by atoms with Crippen LogP contribution in [0.15, 0.2) is 28.0 Å². The molecule has 0 saturated carbocycles. The largest absolute Gasteiger partial charge is 0.494 e. The molecule has 0 spiro atoms. The fourth-order valence-corrected chi connectivity index (χ4v) is 3.24. The molecule has 7 nitrogen and oxygen atoms in total. The zero-order chi connectivity index (χ0) is 17.3. The van der Waals surface area contributed by atoms with Gasteiger partial charge in [-0.25, -0.2) is 4.99 Å². The van der Waals surface area contributed by atoms with Crippen molar-refractivity contribution in [2.24, 2.45) is 4.99 Å². The molecule has 0 radical (unpaired) electrons. The smallest absolute Gasteiger partial charge is 0.264 e. The fraction of sp³-hybridized carbons (Fsp3) is 0. The van der Waals surface area contributed by atoms with Crippen molar-refractivity contribution in [1.82, 2.24) is 20.2 Å². The molecule has 0 aliphatic carbocycles. The predicted molar refractivity (Wildman–Crippen MR) is 96.5 cm³/mol. The van der Waals surface area contributed by atoms with Crippen LogP contribution in [0.3, 0.4) is 0 Å². The lowest BCUT2D eigenvalue weighted by atomic mass is 10.2. The van der Waals surface area contributed by atoms with E-state index in [9.17, 15) is 9.90 Å². The van der Waals surface area contributed by atoms with Crippen LogP contribution in [0.25, 0.3) is 10.6 Å². The molecule has 2 aromatic heterocycles. The van der Waals surface area contributed by atoms with Crippen LogP contribution in [-0.2, 0) is 0 Å². The SMILES string of the molecule is O=c1[nH]c(=S)[nH]c(O)c1C=Nc1nnc(-c2ccc(Cl)cc2Cl)s1. The van der Waals surface area contributed by atoms with E-state index in [1.807, 2.05) is 0 Å². The maximum absolute atomic E-state index is 11.7. The van der Waals surface area contributed by atoms with Gasteiger partial charge in [0.1, 0.15) is 5.56 Å². The molecule has 11 heteroatoms. The molecule has 122 valence electrons. The molecule has 24 heavy (non-hydrogen) atoms. The molecular weight excluding hydrogens is 393 g/mol. The maximum atomic E-state index is 11.7. The summed E-state index contributed by atoms with van der Waals surface area (Å²) >= 11 is 17.9. The third kappa shape index (κ3) is 3.54. The summed E-state index contributed by atoms with van der Waals surface area (Å²) in [4.78, 5) is 20.5. The Labute approximate surface area is 153 Å². The number of nitrogens with zero attached hydrogens (tertiary/aromatic N) is 3. The molecule has 3 N–H and O–H groups in total. The van der Waals surface area contributed by atoms with Gasteiger partial charge in [0, 0.05) is 16.8 Å². The Hall–Kier alpha value is -2.07. The third-order valence-electron chi connectivity index (χ3n) is 2.84. The Morgan fingerprint density at radius 2 is 2.08 bits per heavy atom. The number of benzene rings is 1. The summed E-state index contributed by atoms with van der Waals surface area (Å²) in [5.74, 6) is -0.377. The van der Waals surface area contributed by atoms with Gasteiger partial charge in [0.15, 0.2) is 9.78 Å². The van der Waals surface area contributed by atoms with Crippen LogP contribution in [0.1, 0.15) is 5.56 Å². The Balaban J connectivity index is 1.92. The summed E-state index contributed by atoms with van der Waals surface area (Å²) in [7, 11) is 0. The Bertz CT molecular complexity index is 1060. The van der Waals surface area contributed by atoms with Gasteiger partial charge in [0.25, 0.3) is 5.56 Å². The van der Waals surface area contributed by atoms with Gasteiger partial charge in [0.05, 0.1) is 5.02 Å². The fourth-order valence-electron chi connectivity index (χ4n) is 1.76. The molecule has 2 heterocycles. The van der Waals surface area contributed by atoms with Crippen molar-refractivity contribution in [2.45, 2.75) is 0 Å². The molecule has 0 saturated heterocycles. The van der Waals surface area contributed by atoms with Crippen LogP contribution in [0, 0.1) is 4.77 Å². The summed E-state index contributed by atoms with van der Waals surface area (Å²) in [6.45, 7) is 0. The van der Waals surface area contributed by atoms with Gasteiger partial charge in [-0.05, 0) is 30.4 Å². The molecule has 0 amide bonds. The van der Waals surface area contributed by atoms with E-state index in [0.717, 1.165) is 0 Å². The van der Waals surface area contributed by atoms with Gasteiger partial charge >= 0.3 is 0 Å². The van der Waals surface area contributed by atoms with Crippen molar-refractivity contribution in [3.05, 3.63) is 48.9 Å². The van der Waals surface area contributed by atoms with Crippen LogP contribution in [-0.4, -0.2) is 31.5 Å². The first-order chi connectivity index (χ1) is 11.4. The predicted octanol–water partition coefficient (Wildman–Crippen LogP) is 3.71. The van der Waals surface area contributed by atoms with Crippen molar-refractivity contribution in [3.8, 4) is 16.5 Å². The normalized spacial score (nSPS) is 11.2. The molecule has 0 atom stereocenters. The van der Waals surface area contributed by atoms with E-state index in [0.29, 0.717) is 20.6 Å². The number of aromatic amines is 2.